The molecule has 2 aliphatic rings. The van der Waals surface area contributed by atoms with Gasteiger partial charge >= 0.3 is 0 Å². The summed E-state index contributed by atoms with van der Waals surface area (Å²) in [5.74, 6) is 2.18. The van der Waals surface area contributed by atoms with Crippen LogP contribution in [0.4, 0.5) is 20.5 Å². The Morgan fingerprint density at radius 1 is 1.17 bits per heavy atom. The summed E-state index contributed by atoms with van der Waals surface area (Å²) >= 11 is 0. The number of terminal acetylenes is 1. The second-order valence-corrected chi connectivity index (χ2v) is 10.8. The highest BCUT2D eigenvalue weighted by atomic mass is 19.1. The zero-order valence-corrected chi connectivity index (χ0v) is 23.1. The van der Waals surface area contributed by atoms with E-state index in [4.69, 9.17) is 16.4 Å². The Morgan fingerprint density at radius 3 is 2.68 bits per heavy atom. The van der Waals surface area contributed by atoms with Crippen LogP contribution in [0.1, 0.15) is 24.0 Å². The first kappa shape index (κ1) is 26.8. The van der Waals surface area contributed by atoms with Gasteiger partial charge < -0.3 is 20.0 Å². The maximum Gasteiger partial charge on any atom is 0.228 e. The lowest BCUT2D eigenvalue weighted by Crippen LogP contribution is -2.45. The minimum atomic E-state index is -0.669. The Bertz CT molecular complexity index is 1730. The van der Waals surface area contributed by atoms with Crippen molar-refractivity contribution in [2.75, 3.05) is 63.2 Å². The molecule has 6 rings (SSSR count). The van der Waals surface area contributed by atoms with Gasteiger partial charge in [-0.15, -0.1) is 6.42 Å². The topological polar surface area (TPSA) is 84.2 Å². The van der Waals surface area contributed by atoms with Crippen molar-refractivity contribution in [3.8, 4) is 29.7 Å². The number of piperazine rings is 1. The Balaban J connectivity index is 1.57. The third kappa shape index (κ3) is 4.90. The molecule has 2 aliphatic heterocycles. The summed E-state index contributed by atoms with van der Waals surface area (Å²) in [6.07, 6.45) is 9.43. The van der Waals surface area contributed by atoms with Gasteiger partial charge in [0.1, 0.15) is 22.8 Å². The average Bonchev–Trinajstić information content (AvgIpc) is 3.50. The van der Waals surface area contributed by atoms with Gasteiger partial charge in [0.05, 0.1) is 22.6 Å². The van der Waals surface area contributed by atoms with E-state index >= 15 is 4.39 Å². The lowest BCUT2D eigenvalue weighted by atomic mass is 9.94. The molecule has 2 fully saturated rings. The summed E-state index contributed by atoms with van der Waals surface area (Å²) in [5, 5.41) is 14.5. The van der Waals surface area contributed by atoms with Gasteiger partial charge in [0.2, 0.25) is 5.95 Å². The monoisotopic (exact) mass is 552 g/mol. The van der Waals surface area contributed by atoms with E-state index in [0.717, 1.165) is 32.5 Å². The number of nitriles is 1. The van der Waals surface area contributed by atoms with Crippen LogP contribution >= 0.6 is 0 Å². The molecule has 0 bridgehead atoms. The smallest absolute Gasteiger partial charge is 0.228 e. The predicted octanol–water partition coefficient (Wildman–Crippen LogP) is 3.92. The highest BCUT2D eigenvalue weighted by molar-refractivity contribution is 6.03. The van der Waals surface area contributed by atoms with Gasteiger partial charge in [0.25, 0.3) is 0 Å². The molecule has 0 spiro atoms. The quantitative estimate of drug-likeness (QED) is 0.373. The number of benzene rings is 2. The number of nitrogens with one attached hydrogen (secondary N) is 1. The van der Waals surface area contributed by atoms with Gasteiger partial charge in [0.15, 0.2) is 5.82 Å². The first-order valence-electron chi connectivity index (χ1n) is 13.8. The van der Waals surface area contributed by atoms with Crippen molar-refractivity contribution in [1.29, 1.82) is 5.26 Å². The first-order chi connectivity index (χ1) is 19.9. The molecule has 10 heteroatoms. The maximum absolute atomic E-state index is 16.7. The number of aromatic nitrogens is 3. The maximum atomic E-state index is 16.7. The molecule has 1 atom stereocenters. The second kappa shape index (κ2) is 10.9. The molecule has 2 aromatic carbocycles. The van der Waals surface area contributed by atoms with E-state index in [0.29, 0.717) is 53.6 Å². The summed E-state index contributed by atoms with van der Waals surface area (Å²) in [4.78, 5) is 20.5. The largest absolute Gasteiger partial charge is 0.357 e. The molecule has 0 aliphatic carbocycles. The molecule has 2 aromatic heterocycles. The molecule has 4 heterocycles. The lowest BCUT2D eigenvalue weighted by Gasteiger charge is -2.33. The number of pyridine rings is 1. The van der Waals surface area contributed by atoms with Crippen molar-refractivity contribution in [2.24, 2.45) is 0 Å². The Morgan fingerprint density at radius 2 is 1.98 bits per heavy atom. The molecule has 1 N–H and O–H groups in total. The molecule has 208 valence electrons. The van der Waals surface area contributed by atoms with Crippen molar-refractivity contribution in [1.82, 2.24) is 25.2 Å². The number of nitrogens with zero attached hydrogens (tertiary/aromatic N) is 7. The summed E-state index contributed by atoms with van der Waals surface area (Å²) in [5.41, 5.74) is 0.600. The van der Waals surface area contributed by atoms with E-state index in [1.165, 1.54) is 18.2 Å². The molecule has 0 unspecified atom stereocenters. The van der Waals surface area contributed by atoms with Crippen LogP contribution in [0.25, 0.3) is 32.9 Å². The number of hydrogen-bond donors (Lipinski definition) is 1. The van der Waals surface area contributed by atoms with Crippen LogP contribution < -0.4 is 15.1 Å². The molecular formula is C31H30F2N8. The van der Waals surface area contributed by atoms with Crippen molar-refractivity contribution >= 4 is 33.4 Å². The van der Waals surface area contributed by atoms with Crippen LogP contribution in [0.2, 0.25) is 0 Å². The SMILES string of the molecule is C#Cc1c(F)ccc2cc(C#N)cc(-c3ncc4c(N(C)C[C@H]5CCCN5)nc(N5CCN(C)CC5)nc4c3F)c12. The minimum Gasteiger partial charge on any atom is -0.357 e. The van der Waals surface area contributed by atoms with Crippen LogP contribution in [-0.2, 0) is 0 Å². The summed E-state index contributed by atoms with van der Waals surface area (Å²) in [6, 6.07) is 8.31. The van der Waals surface area contributed by atoms with E-state index in [9.17, 15) is 9.65 Å². The van der Waals surface area contributed by atoms with E-state index in [1.54, 1.807) is 12.3 Å². The summed E-state index contributed by atoms with van der Waals surface area (Å²) in [6.45, 7) is 4.80. The molecule has 0 amide bonds. The number of rotatable bonds is 5. The number of likely N-dealkylation sites (N-methyl/N-ethyl adjacent to an activating group) is 2. The molecule has 4 aromatic rings. The van der Waals surface area contributed by atoms with Crippen LogP contribution in [0, 0.1) is 35.3 Å². The number of fused-ring (bicyclic) bond motifs is 2. The minimum absolute atomic E-state index is 0.00594. The summed E-state index contributed by atoms with van der Waals surface area (Å²) < 4.78 is 31.5. The van der Waals surface area contributed by atoms with Crippen LogP contribution in [0.5, 0.6) is 0 Å². The normalized spacial score (nSPS) is 17.6. The van der Waals surface area contributed by atoms with Crippen molar-refractivity contribution < 1.29 is 8.78 Å². The molecule has 0 radical (unpaired) electrons. The van der Waals surface area contributed by atoms with E-state index in [-0.39, 0.29) is 27.9 Å². The Hall–Kier alpha value is -4.38. The summed E-state index contributed by atoms with van der Waals surface area (Å²) in [7, 11) is 4.02. The fourth-order valence-electron chi connectivity index (χ4n) is 5.82. The van der Waals surface area contributed by atoms with Gasteiger partial charge in [-0.3, -0.25) is 4.98 Å². The third-order valence-electron chi connectivity index (χ3n) is 8.05. The van der Waals surface area contributed by atoms with Gasteiger partial charge in [-0.2, -0.15) is 10.2 Å². The highest BCUT2D eigenvalue weighted by Crippen LogP contribution is 2.37. The van der Waals surface area contributed by atoms with Crippen molar-refractivity contribution in [2.45, 2.75) is 18.9 Å². The number of anilines is 2. The van der Waals surface area contributed by atoms with Crippen molar-refractivity contribution in [3.63, 3.8) is 0 Å². The number of halogens is 2. The predicted molar refractivity (Wildman–Crippen MR) is 157 cm³/mol. The molecule has 0 saturated carbocycles. The van der Waals surface area contributed by atoms with Gasteiger partial charge in [-0.25, -0.2) is 13.8 Å². The Labute approximate surface area is 237 Å². The fourth-order valence-corrected chi connectivity index (χ4v) is 5.82. The van der Waals surface area contributed by atoms with Crippen molar-refractivity contribution in [3.05, 3.63) is 53.2 Å². The standard InChI is InChI=1S/C31H30F2N8/c1-4-22-25(32)8-7-20-14-19(16-34)15-23(26(20)22)28-27(33)29-24(17-36-28)30(40(3)18-21-6-5-9-35-21)38-31(37-29)41-12-10-39(2)11-13-41/h1,7-8,14-15,17,21,35H,5-6,9-13,18H2,2-3H3/t21-/m1/s1. The zero-order valence-electron chi connectivity index (χ0n) is 23.1. The zero-order chi connectivity index (χ0) is 28.7. The van der Waals surface area contributed by atoms with Gasteiger partial charge in [-0.05, 0) is 50.0 Å². The van der Waals surface area contributed by atoms with Crippen LogP contribution in [0.3, 0.4) is 0 Å². The average molecular weight is 553 g/mol. The van der Waals surface area contributed by atoms with E-state index in [2.05, 4.69) is 39.1 Å². The van der Waals surface area contributed by atoms with Gasteiger partial charge in [-0.1, -0.05) is 12.0 Å². The fraction of sp³-hybridized carbons (Fsp3) is 0.355. The first-order valence-corrected chi connectivity index (χ1v) is 13.8. The number of hydrogen-bond acceptors (Lipinski definition) is 8. The third-order valence-corrected chi connectivity index (χ3v) is 8.05. The van der Waals surface area contributed by atoms with Gasteiger partial charge in [0, 0.05) is 63.0 Å². The lowest BCUT2D eigenvalue weighted by molar-refractivity contribution is 0.311. The molecule has 41 heavy (non-hydrogen) atoms. The Kier molecular flexibility index (Phi) is 7.12. The van der Waals surface area contributed by atoms with Crippen LogP contribution in [-0.4, -0.2) is 79.3 Å². The molecule has 2 saturated heterocycles. The highest BCUT2D eigenvalue weighted by Gasteiger charge is 2.26. The van der Waals surface area contributed by atoms with Crippen LogP contribution in [0.15, 0.2) is 30.5 Å². The van der Waals surface area contributed by atoms with E-state index in [1.807, 2.05) is 11.9 Å². The molecular weight excluding hydrogens is 522 g/mol. The second-order valence-electron chi connectivity index (χ2n) is 10.8. The van der Waals surface area contributed by atoms with E-state index < -0.39 is 11.6 Å². The molecule has 8 nitrogen and oxygen atoms in total.